The number of anilines is 1. The van der Waals surface area contributed by atoms with Gasteiger partial charge in [-0.1, -0.05) is 12.8 Å². The van der Waals surface area contributed by atoms with E-state index >= 15 is 0 Å². The molecule has 1 atom stereocenters. The summed E-state index contributed by atoms with van der Waals surface area (Å²) in [6, 6.07) is 6.34. The highest BCUT2D eigenvalue weighted by molar-refractivity contribution is 5.81. The van der Waals surface area contributed by atoms with Crippen molar-refractivity contribution < 1.29 is 14.3 Å². The molecular formula is C19H28FN3O2. The molecule has 2 N–H and O–H groups in total. The van der Waals surface area contributed by atoms with Gasteiger partial charge in [0, 0.05) is 38.4 Å². The third kappa shape index (κ3) is 4.50. The zero-order chi connectivity index (χ0) is 17.9. The van der Waals surface area contributed by atoms with Crippen molar-refractivity contribution in [2.45, 2.75) is 44.2 Å². The molecule has 1 aromatic rings. The highest BCUT2D eigenvalue weighted by Crippen LogP contribution is 2.28. The Morgan fingerprint density at radius 1 is 1.20 bits per heavy atom. The molecule has 1 aliphatic heterocycles. The van der Waals surface area contributed by atoms with E-state index in [1.807, 2.05) is 6.92 Å². The van der Waals surface area contributed by atoms with E-state index in [4.69, 9.17) is 0 Å². The maximum absolute atomic E-state index is 13.0. The van der Waals surface area contributed by atoms with Crippen molar-refractivity contribution in [3.8, 4) is 0 Å². The number of hydrogen-bond donors (Lipinski definition) is 2. The van der Waals surface area contributed by atoms with Gasteiger partial charge in [0.05, 0.1) is 11.6 Å². The van der Waals surface area contributed by atoms with E-state index in [2.05, 4.69) is 15.1 Å². The second kappa shape index (κ2) is 7.70. The lowest BCUT2D eigenvalue weighted by molar-refractivity contribution is -0.127. The second-order valence-corrected chi connectivity index (χ2v) is 7.32. The number of piperazine rings is 1. The average Bonchev–Trinajstić information content (AvgIpc) is 3.07. The number of amides is 1. The normalized spacial score (nSPS) is 22.0. The molecule has 0 radical (unpaired) electrons. The molecule has 1 heterocycles. The summed E-state index contributed by atoms with van der Waals surface area (Å²) in [5.41, 5.74) is 0.304. The van der Waals surface area contributed by atoms with Crippen molar-refractivity contribution in [1.82, 2.24) is 10.2 Å². The van der Waals surface area contributed by atoms with Gasteiger partial charge in [-0.05, 0) is 44.0 Å². The van der Waals surface area contributed by atoms with Gasteiger partial charge in [0.25, 0.3) is 0 Å². The summed E-state index contributed by atoms with van der Waals surface area (Å²) in [5.74, 6) is -0.243. The van der Waals surface area contributed by atoms with Crippen LogP contribution in [0.25, 0.3) is 0 Å². The summed E-state index contributed by atoms with van der Waals surface area (Å²) in [4.78, 5) is 16.8. The molecule has 25 heavy (non-hydrogen) atoms. The number of nitrogens with one attached hydrogen (secondary N) is 1. The van der Waals surface area contributed by atoms with Crippen LogP contribution >= 0.6 is 0 Å². The Kier molecular flexibility index (Phi) is 5.59. The SMILES string of the molecule is CC(C(=O)NCC1(O)CCCC1)N1CCN(c2ccc(F)cc2)CC1. The monoisotopic (exact) mass is 349 g/mol. The average molecular weight is 349 g/mol. The summed E-state index contributed by atoms with van der Waals surface area (Å²) >= 11 is 0. The molecule has 1 unspecified atom stereocenters. The van der Waals surface area contributed by atoms with Crippen molar-refractivity contribution in [2.24, 2.45) is 0 Å². The van der Waals surface area contributed by atoms with Crippen LogP contribution in [-0.4, -0.2) is 60.3 Å². The number of halogens is 1. The van der Waals surface area contributed by atoms with Crippen LogP contribution in [0.15, 0.2) is 24.3 Å². The first-order chi connectivity index (χ1) is 12.0. The number of carbonyl (C=O) groups is 1. The molecule has 0 bridgehead atoms. The van der Waals surface area contributed by atoms with Crippen LogP contribution < -0.4 is 10.2 Å². The zero-order valence-corrected chi connectivity index (χ0v) is 14.9. The number of hydrogen-bond acceptors (Lipinski definition) is 4. The highest BCUT2D eigenvalue weighted by atomic mass is 19.1. The fourth-order valence-electron chi connectivity index (χ4n) is 3.79. The van der Waals surface area contributed by atoms with E-state index in [9.17, 15) is 14.3 Å². The molecule has 3 rings (SSSR count). The van der Waals surface area contributed by atoms with Crippen LogP contribution in [0.1, 0.15) is 32.6 Å². The standard InChI is InChI=1S/C19H28FN3O2/c1-15(18(24)21-14-19(25)8-2-3-9-19)22-10-12-23(13-11-22)17-6-4-16(20)5-7-17/h4-7,15,25H,2-3,8-14H2,1H3,(H,21,24). The van der Waals surface area contributed by atoms with E-state index in [0.717, 1.165) is 57.5 Å². The summed E-state index contributed by atoms with van der Waals surface area (Å²) < 4.78 is 13.0. The van der Waals surface area contributed by atoms with E-state index in [-0.39, 0.29) is 17.8 Å². The fraction of sp³-hybridized carbons (Fsp3) is 0.632. The van der Waals surface area contributed by atoms with Crippen LogP contribution in [0.5, 0.6) is 0 Å². The minimum Gasteiger partial charge on any atom is -0.388 e. The van der Waals surface area contributed by atoms with Gasteiger partial charge >= 0.3 is 0 Å². The molecule has 2 fully saturated rings. The highest BCUT2D eigenvalue weighted by Gasteiger charge is 2.33. The molecule has 0 aromatic heterocycles. The minimum atomic E-state index is -0.712. The van der Waals surface area contributed by atoms with Crippen molar-refractivity contribution in [3.05, 3.63) is 30.1 Å². The molecule has 6 heteroatoms. The fourth-order valence-corrected chi connectivity index (χ4v) is 3.79. The molecule has 2 aliphatic rings. The van der Waals surface area contributed by atoms with E-state index in [0.29, 0.717) is 6.54 Å². The molecular weight excluding hydrogens is 321 g/mol. The Morgan fingerprint density at radius 2 is 1.80 bits per heavy atom. The lowest BCUT2D eigenvalue weighted by Gasteiger charge is -2.38. The van der Waals surface area contributed by atoms with E-state index in [1.54, 1.807) is 12.1 Å². The topological polar surface area (TPSA) is 55.8 Å². The van der Waals surface area contributed by atoms with Gasteiger partial charge in [-0.15, -0.1) is 0 Å². The molecule has 1 saturated heterocycles. The molecule has 1 aliphatic carbocycles. The number of benzene rings is 1. The van der Waals surface area contributed by atoms with Crippen molar-refractivity contribution in [2.75, 3.05) is 37.6 Å². The number of nitrogens with zero attached hydrogens (tertiary/aromatic N) is 2. The predicted octanol–water partition coefficient (Wildman–Crippen LogP) is 1.76. The van der Waals surface area contributed by atoms with Gasteiger partial charge < -0.3 is 15.3 Å². The van der Waals surface area contributed by atoms with Crippen molar-refractivity contribution >= 4 is 11.6 Å². The Labute approximate surface area is 148 Å². The zero-order valence-electron chi connectivity index (χ0n) is 14.9. The van der Waals surface area contributed by atoms with Crippen LogP contribution in [0, 0.1) is 5.82 Å². The summed E-state index contributed by atoms with van der Waals surface area (Å²) in [6.07, 6.45) is 3.62. The lowest BCUT2D eigenvalue weighted by Crippen LogP contribution is -2.55. The van der Waals surface area contributed by atoms with Gasteiger partial charge in [-0.3, -0.25) is 9.69 Å². The van der Waals surface area contributed by atoms with Crippen LogP contribution in [0.3, 0.4) is 0 Å². The Balaban J connectivity index is 1.46. The first-order valence-electron chi connectivity index (χ1n) is 9.22. The third-order valence-corrected chi connectivity index (χ3v) is 5.56. The number of carbonyl (C=O) groups excluding carboxylic acids is 1. The Bertz CT molecular complexity index is 579. The maximum atomic E-state index is 13.0. The molecule has 1 aromatic carbocycles. The van der Waals surface area contributed by atoms with Crippen LogP contribution in [0.2, 0.25) is 0 Å². The largest absolute Gasteiger partial charge is 0.388 e. The summed E-state index contributed by atoms with van der Waals surface area (Å²) in [6.45, 7) is 5.47. The maximum Gasteiger partial charge on any atom is 0.237 e. The van der Waals surface area contributed by atoms with Gasteiger partial charge in [-0.25, -0.2) is 4.39 Å². The molecule has 5 nitrogen and oxygen atoms in total. The quantitative estimate of drug-likeness (QED) is 0.851. The lowest BCUT2D eigenvalue weighted by atomic mass is 10.0. The Morgan fingerprint density at radius 3 is 2.40 bits per heavy atom. The van der Waals surface area contributed by atoms with E-state index in [1.165, 1.54) is 12.1 Å². The molecule has 1 saturated carbocycles. The van der Waals surface area contributed by atoms with Gasteiger partial charge in [0.2, 0.25) is 5.91 Å². The van der Waals surface area contributed by atoms with Gasteiger partial charge in [0.1, 0.15) is 5.82 Å². The summed E-state index contributed by atoms with van der Waals surface area (Å²) in [7, 11) is 0. The van der Waals surface area contributed by atoms with E-state index < -0.39 is 5.60 Å². The van der Waals surface area contributed by atoms with Crippen molar-refractivity contribution in [1.29, 1.82) is 0 Å². The first kappa shape index (κ1) is 18.1. The molecule has 1 amide bonds. The minimum absolute atomic E-state index is 0.0180. The third-order valence-electron chi connectivity index (χ3n) is 5.56. The predicted molar refractivity (Wildman–Crippen MR) is 96.1 cm³/mol. The second-order valence-electron chi connectivity index (χ2n) is 7.32. The smallest absolute Gasteiger partial charge is 0.237 e. The van der Waals surface area contributed by atoms with Crippen molar-refractivity contribution in [3.63, 3.8) is 0 Å². The van der Waals surface area contributed by atoms with Gasteiger partial charge in [-0.2, -0.15) is 0 Å². The first-order valence-corrected chi connectivity index (χ1v) is 9.22. The molecule has 138 valence electrons. The van der Waals surface area contributed by atoms with Gasteiger partial charge in [0.15, 0.2) is 0 Å². The number of aliphatic hydroxyl groups is 1. The Hall–Kier alpha value is -1.66. The molecule has 0 spiro atoms. The number of rotatable bonds is 5. The van der Waals surface area contributed by atoms with Crippen LogP contribution in [0.4, 0.5) is 10.1 Å². The summed E-state index contributed by atoms with van der Waals surface area (Å²) in [5, 5.41) is 13.3. The van der Waals surface area contributed by atoms with Crippen LogP contribution in [-0.2, 0) is 4.79 Å².